The van der Waals surface area contributed by atoms with Gasteiger partial charge in [0.1, 0.15) is 11.5 Å². The molecule has 182 valence electrons. The minimum atomic E-state index is -5.08. The quantitative estimate of drug-likeness (QED) is 0.526. The summed E-state index contributed by atoms with van der Waals surface area (Å²) in [6, 6.07) is 5.25. The van der Waals surface area contributed by atoms with Crippen molar-refractivity contribution in [2.45, 2.75) is 25.6 Å². The number of aliphatic carboxylic acids is 2. The first-order valence-electron chi connectivity index (χ1n) is 9.90. The Bertz CT molecular complexity index is 951. The zero-order valence-electron chi connectivity index (χ0n) is 17.4. The van der Waals surface area contributed by atoms with Gasteiger partial charge >= 0.3 is 18.1 Å². The molecule has 33 heavy (non-hydrogen) atoms. The van der Waals surface area contributed by atoms with Crippen LogP contribution in [0.3, 0.4) is 0 Å². The van der Waals surface area contributed by atoms with Crippen LogP contribution in [0.1, 0.15) is 18.5 Å². The molecule has 1 aromatic carbocycles. The number of piperidine rings is 1. The maximum Gasteiger partial charge on any atom is 0.490 e. The summed E-state index contributed by atoms with van der Waals surface area (Å²) in [7, 11) is 0. The molecule has 13 heteroatoms. The Morgan fingerprint density at radius 1 is 1.18 bits per heavy atom. The average molecular weight is 478 g/mol. The van der Waals surface area contributed by atoms with Gasteiger partial charge in [0.15, 0.2) is 5.82 Å². The maximum atomic E-state index is 13.9. The molecular formula is C20H23F5N4O4. The van der Waals surface area contributed by atoms with Crippen LogP contribution < -0.4 is 5.32 Å². The lowest BCUT2D eigenvalue weighted by Gasteiger charge is -2.32. The van der Waals surface area contributed by atoms with Crippen molar-refractivity contribution in [3.63, 3.8) is 0 Å². The fourth-order valence-electron chi connectivity index (χ4n) is 3.32. The van der Waals surface area contributed by atoms with Crippen LogP contribution in [0.5, 0.6) is 0 Å². The third-order valence-electron chi connectivity index (χ3n) is 4.74. The zero-order valence-corrected chi connectivity index (χ0v) is 17.4. The van der Waals surface area contributed by atoms with Crippen LogP contribution in [0.25, 0.3) is 5.69 Å². The Kier molecular flexibility index (Phi) is 9.29. The number of nitrogens with one attached hydrogen (secondary N) is 1. The van der Waals surface area contributed by atoms with E-state index in [1.54, 1.807) is 6.20 Å². The molecule has 1 fully saturated rings. The molecule has 0 amide bonds. The Morgan fingerprint density at radius 3 is 2.48 bits per heavy atom. The van der Waals surface area contributed by atoms with Gasteiger partial charge in [0.05, 0.1) is 12.2 Å². The zero-order chi connectivity index (χ0) is 24.6. The summed E-state index contributed by atoms with van der Waals surface area (Å²) in [6.45, 7) is 3.12. The number of nitrogens with zero attached hydrogens (tertiary/aromatic N) is 3. The number of carboxylic acids is 2. The SMILES string of the molecule is O=C(O)C(F)(F)F.O=C(O)CNCC1CCCN(Cc2ccn(-c3ccc(F)cc3F)n2)C1. The summed E-state index contributed by atoms with van der Waals surface area (Å²) in [4.78, 5) is 21.7. The van der Waals surface area contributed by atoms with Crippen molar-refractivity contribution in [3.8, 4) is 5.69 Å². The summed E-state index contributed by atoms with van der Waals surface area (Å²) >= 11 is 0. The number of carbonyl (C=O) groups is 2. The number of hydrogen-bond donors (Lipinski definition) is 3. The Balaban J connectivity index is 0.000000479. The number of halogens is 5. The van der Waals surface area contributed by atoms with Crippen molar-refractivity contribution in [2.75, 3.05) is 26.2 Å². The Morgan fingerprint density at radius 2 is 1.88 bits per heavy atom. The molecule has 8 nitrogen and oxygen atoms in total. The van der Waals surface area contributed by atoms with E-state index in [4.69, 9.17) is 15.0 Å². The lowest BCUT2D eigenvalue weighted by atomic mass is 9.98. The highest BCUT2D eigenvalue weighted by molar-refractivity contribution is 5.73. The Hall–Kier alpha value is -3.06. The molecule has 3 rings (SSSR count). The van der Waals surface area contributed by atoms with E-state index >= 15 is 0 Å². The first-order valence-corrected chi connectivity index (χ1v) is 9.90. The minimum absolute atomic E-state index is 0.0237. The molecule has 0 saturated carbocycles. The van der Waals surface area contributed by atoms with E-state index in [9.17, 15) is 26.7 Å². The predicted molar refractivity (Wildman–Crippen MR) is 106 cm³/mol. The van der Waals surface area contributed by atoms with Crippen LogP contribution in [0, 0.1) is 17.6 Å². The minimum Gasteiger partial charge on any atom is -0.480 e. The highest BCUT2D eigenvalue weighted by Crippen LogP contribution is 2.19. The average Bonchev–Trinajstić information content (AvgIpc) is 3.16. The molecule has 3 N–H and O–H groups in total. The van der Waals surface area contributed by atoms with Crippen molar-refractivity contribution >= 4 is 11.9 Å². The van der Waals surface area contributed by atoms with Gasteiger partial charge in [-0.1, -0.05) is 0 Å². The molecule has 0 bridgehead atoms. The van der Waals surface area contributed by atoms with Gasteiger partial charge in [-0.3, -0.25) is 9.69 Å². The number of benzene rings is 1. The Labute approximate surface area is 185 Å². The molecule has 0 radical (unpaired) electrons. The van der Waals surface area contributed by atoms with E-state index in [1.807, 2.05) is 6.07 Å². The van der Waals surface area contributed by atoms with E-state index in [1.165, 1.54) is 16.8 Å². The molecule has 2 aromatic rings. The van der Waals surface area contributed by atoms with Crippen molar-refractivity contribution < 1.29 is 41.8 Å². The van der Waals surface area contributed by atoms with Crippen LogP contribution in [0.2, 0.25) is 0 Å². The highest BCUT2D eigenvalue weighted by atomic mass is 19.4. The van der Waals surface area contributed by atoms with E-state index < -0.39 is 29.7 Å². The van der Waals surface area contributed by atoms with E-state index in [2.05, 4.69) is 15.3 Å². The van der Waals surface area contributed by atoms with Gasteiger partial charge in [0, 0.05) is 25.4 Å². The predicted octanol–water partition coefficient (Wildman–Crippen LogP) is 2.67. The van der Waals surface area contributed by atoms with Gasteiger partial charge in [-0.25, -0.2) is 18.3 Å². The fraction of sp³-hybridized carbons (Fsp3) is 0.450. The molecule has 1 saturated heterocycles. The third-order valence-corrected chi connectivity index (χ3v) is 4.74. The lowest BCUT2D eigenvalue weighted by molar-refractivity contribution is -0.192. The second kappa shape index (κ2) is 11.7. The van der Waals surface area contributed by atoms with E-state index in [-0.39, 0.29) is 12.2 Å². The summed E-state index contributed by atoms with van der Waals surface area (Å²) in [5.74, 6) is -4.47. The number of aromatic nitrogens is 2. The van der Waals surface area contributed by atoms with Gasteiger partial charge in [0.25, 0.3) is 0 Å². The molecule has 1 aliphatic rings. The summed E-state index contributed by atoms with van der Waals surface area (Å²) < 4.78 is 60.1. The number of carboxylic acid groups (broad SMARTS) is 2. The summed E-state index contributed by atoms with van der Waals surface area (Å²) in [6.07, 6.45) is -1.30. The molecule has 1 aromatic heterocycles. The molecule has 1 atom stereocenters. The monoisotopic (exact) mass is 478 g/mol. The number of likely N-dealkylation sites (tertiary alicyclic amines) is 1. The van der Waals surface area contributed by atoms with Crippen LogP contribution in [-0.4, -0.2) is 69.2 Å². The normalized spacial score (nSPS) is 16.7. The van der Waals surface area contributed by atoms with Crippen molar-refractivity contribution in [1.29, 1.82) is 0 Å². The third kappa shape index (κ3) is 8.77. The highest BCUT2D eigenvalue weighted by Gasteiger charge is 2.38. The summed E-state index contributed by atoms with van der Waals surface area (Å²) in [5.41, 5.74) is 1.03. The van der Waals surface area contributed by atoms with Gasteiger partial charge in [-0.2, -0.15) is 18.3 Å². The van der Waals surface area contributed by atoms with Crippen LogP contribution in [0.15, 0.2) is 30.5 Å². The summed E-state index contributed by atoms with van der Waals surface area (Å²) in [5, 5.41) is 23.2. The first kappa shape index (κ1) is 26.2. The van der Waals surface area contributed by atoms with E-state index in [0.29, 0.717) is 19.0 Å². The molecule has 1 unspecified atom stereocenters. The van der Waals surface area contributed by atoms with Gasteiger partial charge in [0.2, 0.25) is 0 Å². The van der Waals surface area contributed by atoms with Crippen LogP contribution in [0.4, 0.5) is 22.0 Å². The number of rotatable bonds is 7. The van der Waals surface area contributed by atoms with Crippen molar-refractivity contribution in [1.82, 2.24) is 20.0 Å². The fourth-order valence-corrected chi connectivity index (χ4v) is 3.32. The van der Waals surface area contributed by atoms with Crippen LogP contribution in [-0.2, 0) is 16.1 Å². The molecule has 0 aliphatic carbocycles. The largest absolute Gasteiger partial charge is 0.490 e. The first-order chi connectivity index (χ1) is 15.5. The number of alkyl halides is 3. The number of hydrogen-bond acceptors (Lipinski definition) is 5. The second-order valence-electron chi connectivity index (χ2n) is 7.42. The van der Waals surface area contributed by atoms with E-state index in [0.717, 1.165) is 37.7 Å². The molecule has 2 heterocycles. The van der Waals surface area contributed by atoms with Gasteiger partial charge in [-0.15, -0.1) is 0 Å². The molecule has 0 spiro atoms. The lowest BCUT2D eigenvalue weighted by Crippen LogP contribution is -2.40. The van der Waals surface area contributed by atoms with Crippen molar-refractivity contribution in [3.05, 3.63) is 47.8 Å². The standard InChI is InChI=1S/C18H22F2N4O2.C2HF3O2/c19-14-3-4-17(16(20)8-14)24-7-5-15(22-24)12-23-6-1-2-13(11-23)9-21-10-18(25)26;3-2(4,5)1(6)7/h3-5,7-8,13,21H,1-2,6,9-12H2,(H,25,26);(H,6,7). The van der Waals surface area contributed by atoms with Crippen molar-refractivity contribution in [2.24, 2.45) is 5.92 Å². The topological polar surface area (TPSA) is 108 Å². The maximum absolute atomic E-state index is 13.9. The molecule has 1 aliphatic heterocycles. The smallest absolute Gasteiger partial charge is 0.480 e. The van der Waals surface area contributed by atoms with Gasteiger partial charge in [-0.05, 0) is 50.0 Å². The second-order valence-corrected chi connectivity index (χ2v) is 7.42. The molecular weight excluding hydrogens is 455 g/mol. The van der Waals surface area contributed by atoms with Crippen LogP contribution >= 0.6 is 0 Å². The van der Waals surface area contributed by atoms with Gasteiger partial charge < -0.3 is 15.5 Å².